The van der Waals surface area contributed by atoms with Crippen molar-refractivity contribution in [1.82, 2.24) is 0 Å². The van der Waals surface area contributed by atoms with E-state index in [1.807, 2.05) is 36.4 Å². The van der Waals surface area contributed by atoms with Crippen LogP contribution in [0.1, 0.15) is 24.0 Å². The SMILES string of the molecule is C=C1C[C@@H]2COC(=O)[C@]2(Cc2ccc(NC(=O)Cc3cccc(OC)c3OC)cc2)C1. The zero-order valence-electron chi connectivity index (χ0n) is 17.9. The highest BCUT2D eigenvalue weighted by Gasteiger charge is 2.55. The number of hydrogen-bond acceptors (Lipinski definition) is 5. The Morgan fingerprint density at radius 1 is 1.19 bits per heavy atom. The van der Waals surface area contributed by atoms with Crippen LogP contribution in [0.25, 0.3) is 0 Å². The topological polar surface area (TPSA) is 73.9 Å². The monoisotopic (exact) mass is 421 g/mol. The van der Waals surface area contributed by atoms with Crippen LogP contribution in [0.15, 0.2) is 54.6 Å². The number of carbonyl (C=O) groups is 2. The summed E-state index contributed by atoms with van der Waals surface area (Å²) in [5, 5.41) is 2.92. The number of nitrogens with one attached hydrogen (secondary N) is 1. The summed E-state index contributed by atoms with van der Waals surface area (Å²) in [6, 6.07) is 13.1. The quantitative estimate of drug-likeness (QED) is 0.542. The Hall–Kier alpha value is -3.28. The molecule has 162 valence electrons. The lowest BCUT2D eigenvalue weighted by atomic mass is 9.75. The van der Waals surface area contributed by atoms with E-state index in [2.05, 4.69) is 11.9 Å². The summed E-state index contributed by atoms with van der Waals surface area (Å²) in [5.41, 5.74) is 3.14. The number of cyclic esters (lactones) is 1. The average Bonchev–Trinajstić information content (AvgIpc) is 3.22. The highest BCUT2D eigenvalue weighted by molar-refractivity contribution is 5.92. The van der Waals surface area contributed by atoms with Crippen molar-refractivity contribution in [2.45, 2.75) is 25.7 Å². The molecule has 2 aromatic rings. The van der Waals surface area contributed by atoms with Crippen molar-refractivity contribution < 1.29 is 23.8 Å². The zero-order chi connectivity index (χ0) is 22.0. The number of para-hydroxylation sites is 1. The van der Waals surface area contributed by atoms with Gasteiger partial charge < -0.3 is 19.5 Å². The minimum atomic E-state index is -0.481. The Balaban J connectivity index is 1.42. The van der Waals surface area contributed by atoms with Gasteiger partial charge >= 0.3 is 5.97 Å². The van der Waals surface area contributed by atoms with Gasteiger partial charge in [0.1, 0.15) is 0 Å². The number of methoxy groups -OCH3 is 2. The highest BCUT2D eigenvalue weighted by atomic mass is 16.5. The number of carbonyl (C=O) groups excluding carboxylic acids is 2. The van der Waals surface area contributed by atoms with E-state index < -0.39 is 5.41 Å². The maximum Gasteiger partial charge on any atom is 0.313 e. The summed E-state index contributed by atoms with van der Waals surface area (Å²) in [4.78, 5) is 25.0. The molecule has 0 radical (unpaired) electrons. The van der Waals surface area contributed by atoms with Crippen LogP contribution >= 0.6 is 0 Å². The second kappa shape index (κ2) is 8.46. The average molecular weight is 421 g/mol. The van der Waals surface area contributed by atoms with Crippen molar-refractivity contribution in [3.63, 3.8) is 0 Å². The van der Waals surface area contributed by atoms with Gasteiger partial charge in [0.2, 0.25) is 5.91 Å². The fraction of sp³-hybridized carbons (Fsp3) is 0.360. The molecule has 1 saturated carbocycles. The van der Waals surface area contributed by atoms with Crippen LogP contribution in [-0.2, 0) is 27.2 Å². The van der Waals surface area contributed by atoms with Crippen molar-refractivity contribution in [2.24, 2.45) is 11.3 Å². The van der Waals surface area contributed by atoms with E-state index in [1.54, 1.807) is 20.3 Å². The minimum absolute atomic E-state index is 0.110. The van der Waals surface area contributed by atoms with E-state index in [1.165, 1.54) is 0 Å². The molecule has 1 amide bonds. The van der Waals surface area contributed by atoms with E-state index in [0.717, 1.165) is 23.1 Å². The van der Waals surface area contributed by atoms with Gasteiger partial charge in [-0.05, 0) is 43.0 Å². The van der Waals surface area contributed by atoms with Crippen LogP contribution in [0.4, 0.5) is 5.69 Å². The number of hydrogen-bond donors (Lipinski definition) is 1. The fourth-order valence-electron chi connectivity index (χ4n) is 4.80. The molecule has 0 spiro atoms. The number of benzene rings is 2. The molecule has 2 fully saturated rings. The predicted molar refractivity (Wildman–Crippen MR) is 117 cm³/mol. The second-order valence-corrected chi connectivity index (χ2v) is 8.33. The number of ether oxygens (including phenoxy) is 3. The lowest BCUT2D eigenvalue weighted by Gasteiger charge is -2.24. The van der Waals surface area contributed by atoms with Gasteiger partial charge in [-0.2, -0.15) is 0 Å². The fourth-order valence-corrected chi connectivity index (χ4v) is 4.80. The largest absolute Gasteiger partial charge is 0.493 e. The molecule has 6 nitrogen and oxygen atoms in total. The second-order valence-electron chi connectivity index (χ2n) is 8.33. The van der Waals surface area contributed by atoms with Crippen LogP contribution in [0.3, 0.4) is 0 Å². The summed E-state index contributed by atoms with van der Waals surface area (Å²) >= 11 is 0. The smallest absolute Gasteiger partial charge is 0.313 e. The number of anilines is 1. The molecule has 1 saturated heterocycles. The van der Waals surface area contributed by atoms with Crippen LogP contribution in [0.2, 0.25) is 0 Å². The molecule has 0 unspecified atom stereocenters. The van der Waals surface area contributed by atoms with Crippen LogP contribution < -0.4 is 14.8 Å². The molecule has 1 N–H and O–H groups in total. The van der Waals surface area contributed by atoms with Crippen molar-refractivity contribution in [3.05, 3.63) is 65.7 Å². The van der Waals surface area contributed by atoms with Crippen molar-refractivity contribution in [1.29, 1.82) is 0 Å². The first-order chi connectivity index (χ1) is 14.9. The Morgan fingerprint density at radius 3 is 2.68 bits per heavy atom. The van der Waals surface area contributed by atoms with Gasteiger partial charge in [-0.25, -0.2) is 0 Å². The van der Waals surface area contributed by atoms with Gasteiger partial charge in [0.25, 0.3) is 0 Å². The third-order valence-electron chi connectivity index (χ3n) is 6.30. The minimum Gasteiger partial charge on any atom is -0.493 e. The Morgan fingerprint density at radius 2 is 1.97 bits per heavy atom. The number of amides is 1. The molecule has 1 aliphatic heterocycles. The zero-order valence-corrected chi connectivity index (χ0v) is 17.9. The lowest BCUT2D eigenvalue weighted by Crippen LogP contribution is -2.31. The molecule has 31 heavy (non-hydrogen) atoms. The molecule has 0 bridgehead atoms. The summed E-state index contributed by atoms with van der Waals surface area (Å²) in [5.74, 6) is 1.11. The summed E-state index contributed by atoms with van der Waals surface area (Å²) in [6.07, 6.45) is 2.34. The number of allylic oxidation sites excluding steroid dienone is 1. The van der Waals surface area contributed by atoms with Gasteiger partial charge in [-0.1, -0.05) is 36.4 Å². The van der Waals surface area contributed by atoms with Crippen LogP contribution in [0.5, 0.6) is 11.5 Å². The molecule has 1 heterocycles. The third-order valence-corrected chi connectivity index (χ3v) is 6.30. The summed E-state index contributed by atoms with van der Waals surface area (Å²) in [6.45, 7) is 4.58. The van der Waals surface area contributed by atoms with Crippen molar-refractivity contribution in [3.8, 4) is 11.5 Å². The lowest BCUT2D eigenvalue weighted by molar-refractivity contribution is -0.146. The van der Waals surface area contributed by atoms with E-state index >= 15 is 0 Å². The molecule has 2 aromatic carbocycles. The van der Waals surface area contributed by atoms with Gasteiger partial charge in [-0.3, -0.25) is 9.59 Å². The predicted octanol–water partition coefficient (Wildman–Crippen LogP) is 3.94. The molecular formula is C25H27NO5. The van der Waals surface area contributed by atoms with Gasteiger partial charge in [-0.15, -0.1) is 0 Å². The standard InChI is InChI=1S/C25H27NO5/c1-16-11-19-15-31-24(28)25(19,13-16)14-17-7-9-20(10-8-17)26-22(27)12-18-5-4-6-21(29-2)23(18)30-3/h4-10,19H,1,11-15H2,2-3H3,(H,26,27)/t19-,25+/m1/s1. The maximum atomic E-state index is 12.6. The molecule has 2 atom stereocenters. The highest BCUT2D eigenvalue weighted by Crippen LogP contribution is 2.52. The van der Waals surface area contributed by atoms with E-state index in [4.69, 9.17) is 14.2 Å². The Kier molecular flexibility index (Phi) is 5.72. The van der Waals surface area contributed by atoms with E-state index in [9.17, 15) is 9.59 Å². The number of rotatable bonds is 7. The Bertz CT molecular complexity index is 1010. The van der Waals surface area contributed by atoms with Gasteiger partial charge in [0.05, 0.1) is 32.7 Å². The molecule has 0 aromatic heterocycles. The van der Waals surface area contributed by atoms with Gasteiger partial charge in [0, 0.05) is 17.2 Å². The molecule has 4 rings (SSSR count). The first kappa shape index (κ1) is 21.0. The number of esters is 1. The third kappa shape index (κ3) is 4.02. The molecule has 1 aliphatic carbocycles. The van der Waals surface area contributed by atoms with Crippen molar-refractivity contribution >= 4 is 17.6 Å². The molecule has 6 heteroatoms. The molecular weight excluding hydrogens is 394 g/mol. The normalized spacial score (nSPS) is 22.1. The Labute approximate surface area is 182 Å². The van der Waals surface area contributed by atoms with Crippen LogP contribution in [0, 0.1) is 11.3 Å². The summed E-state index contributed by atoms with van der Waals surface area (Å²) in [7, 11) is 3.12. The molecule has 2 aliphatic rings. The van der Waals surface area contributed by atoms with Crippen molar-refractivity contribution in [2.75, 3.05) is 26.1 Å². The van der Waals surface area contributed by atoms with Crippen LogP contribution in [-0.4, -0.2) is 32.7 Å². The first-order valence-corrected chi connectivity index (χ1v) is 10.4. The number of fused-ring (bicyclic) bond motifs is 1. The summed E-state index contributed by atoms with van der Waals surface area (Å²) < 4.78 is 16.0. The first-order valence-electron chi connectivity index (χ1n) is 10.4. The van der Waals surface area contributed by atoms with E-state index in [0.29, 0.717) is 36.6 Å². The van der Waals surface area contributed by atoms with E-state index in [-0.39, 0.29) is 24.2 Å². The van der Waals surface area contributed by atoms with Gasteiger partial charge in [0.15, 0.2) is 11.5 Å². The maximum absolute atomic E-state index is 12.6.